The van der Waals surface area contributed by atoms with Crippen molar-refractivity contribution in [3.8, 4) is 0 Å². The molecule has 1 aliphatic carbocycles. The van der Waals surface area contributed by atoms with E-state index in [0.717, 1.165) is 22.2 Å². The van der Waals surface area contributed by atoms with E-state index in [1.54, 1.807) is 0 Å². The number of aromatic nitrogens is 3. The molecule has 0 saturated heterocycles. The molecule has 2 aromatic heterocycles. The number of halogens is 1. The van der Waals surface area contributed by atoms with Crippen molar-refractivity contribution in [1.29, 1.82) is 0 Å². The van der Waals surface area contributed by atoms with Crippen LogP contribution in [0.25, 0.3) is 21.9 Å². The average Bonchev–Trinajstić information content (AvgIpc) is 2.93. The first-order chi connectivity index (χ1) is 9.62. The quantitative estimate of drug-likeness (QED) is 0.658. The van der Waals surface area contributed by atoms with Crippen molar-refractivity contribution >= 4 is 33.5 Å². The van der Waals surface area contributed by atoms with Crippen LogP contribution in [0.15, 0.2) is 30.5 Å². The first kappa shape index (κ1) is 12.2. The molecule has 1 fully saturated rings. The minimum absolute atomic E-state index is 0.332. The molecule has 0 radical (unpaired) electrons. The Bertz CT molecular complexity index is 819. The van der Waals surface area contributed by atoms with Crippen LogP contribution in [-0.4, -0.2) is 14.5 Å². The molecule has 20 heavy (non-hydrogen) atoms. The number of fused-ring (bicyclic) bond motifs is 3. The van der Waals surface area contributed by atoms with Gasteiger partial charge in [-0.2, -0.15) is 0 Å². The number of hydrogen-bond donors (Lipinski definition) is 0. The highest BCUT2D eigenvalue weighted by Crippen LogP contribution is 2.57. The van der Waals surface area contributed by atoms with Crippen LogP contribution in [0.1, 0.15) is 32.1 Å². The van der Waals surface area contributed by atoms with E-state index in [0.29, 0.717) is 17.3 Å². The molecular weight excluding hydrogens is 270 g/mol. The lowest BCUT2D eigenvalue weighted by molar-refractivity contribution is 0.541. The smallest absolute Gasteiger partial charge is 0.125 e. The van der Waals surface area contributed by atoms with Crippen LogP contribution in [0, 0.1) is 5.41 Å². The van der Waals surface area contributed by atoms with Crippen LogP contribution < -0.4 is 0 Å². The molecule has 0 N–H and O–H groups in total. The van der Waals surface area contributed by atoms with Crippen molar-refractivity contribution in [3.63, 3.8) is 0 Å². The summed E-state index contributed by atoms with van der Waals surface area (Å²) in [6, 6.07) is 8.73. The Morgan fingerprint density at radius 2 is 2.05 bits per heavy atom. The maximum absolute atomic E-state index is 6.12. The summed E-state index contributed by atoms with van der Waals surface area (Å²) >= 11 is 6.12. The predicted octanol–water partition coefficient (Wildman–Crippen LogP) is 4.29. The van der Waals surface area contributed by atoms with Gasteiger partial charge < -0.3 is 4.57 Å². The second kappa shape index (κ2) is 3.95. The third-order valence-corrected chi connectivity index (χ3v) is 4.63. The summed E-state index contributed by atoms with van der Waals surface area (Å²) in [5, 5.41) is 1.16. The van der Waals surface area contributed by atoms with Crippen LogP contribution >= 0.6 is 11.6 Å². The lowest BCUT2D eigenvalue weighted by Gasteiger charge is -2.11. The highest BCUT2D eigenvalue weighted by atomic mass is 35.5. The van der Waals surface area contributed by atoms with E-state index < -0.39 is 0 Å². The maximum Gasteiger partial charge on any atom is 0.125 e. The number of rotatable bonds is 2. The van der Waals surface area contributed by atoms with E-state index in [9.17, 15) is 0 Å². The molecule has 3 aromatic rings. The molecule has 1 saturated carbocycles. The van der Waals surface area contributed by atoms with Crippen molar-refractivity contribution in [2.45, 2.75) is 32.2 Å². The lowest BCUT2D eigenvalue weighted by Crippen LogP contribution is -2.04. The molecule has 4 rings (SSSR count). The molecule has 4 heteroatoms. The topological polar surface area (TPSA) is 30.7 Å². The number of para-hydroxylation sites is 1. The van der Waals surface area contributed by atoms with Crippen LogP contribution in [-0.2, 0) is 5.88 Å². The zero-order valence-electron chi connectivity index (χ0n) is 11.6. The van der Waals surface area contributed by atoms with E-state index in [1.807, 2.05) is 18.3 Å². The summed E-state index contributed by atoms with van der Waals surface area (Å²) in [5.41, 5.74) is 3.48. The Morgan fingerprint density at radius 1 is 1.30 bits per heavy atom. The first-order valence-corrected chi connectivity index (χ1v) is 7.46. The van der Waals surface area contributed by atoms with E-state index >= 15 is 0 Å². The van der Waals surface area contributed by atoms with Crippen molar-refractivity contribution in [3.05, 3.63) is 36.3 Å². The van der Waals surface area contributed by atoms with Gasteiger partial charge in [-0.1, -0.05) is 32.0 Å². The summed E-state index contributed by atoms with van der Waals surface area (Å²) in [4.78, 5) is 9.17. The molecule has 3 nitrogen and oxygen atoms in total. The molecule has 2 heterocycles. The number of alkyl halides is 1. The number of imidazole rings is 1. The third kappa shape index (κ3) is 1.59. The molecule has 0 bridgehead atoms. The van der Waals surface area contributed by atoms with Crippen LogP contribution in [0.3, 0.4) is 0 Å². The zero-order valence-corrected chi connectivity index (χ0v) is 12.4. The summed E-state index contributed by atoms with van der Waals surface area (Å²) in [6.45, 7) is 4.59. The lowest BCUT2D eigenvalue weighted by atomic mass is 10.1. The number of nitrogens with zero attached hydrogens (tertiary/aromatic N) is 3. The normalized spacial score (nSPS) is 20.6. The van der Waals surface area contributed by atoms with Gasteiger partial charge in [0.15, 0.2) is 0 Å². The van der Waals surface area contributed by atoms with E-state index in [1.165, 1.54) is 11.9 Å². The number of pyridine rings is 1. The second-order valence-electron chi connectivity index (χ2n) is 6.25. The Morgan fingerprint density at radius 3 is 2.75 bits per heavy atom. The summed E-state index contributed by atoms with van der Waals surface area (Å²) in [6.07, 6.45) is 3.04. The first-order valence-electron chi connectivity index (χ1n) is 6.92. The SMILES string of the molecule is CC1(C)CC1n1c(CCl)nc2cnc3ccccc3c21. The minimum atomic E-state index is 0.332. The Balaban J connectivity index is 2.11. The molecule has 1 aliphatic rings. The third-order valence-electron chi connectivity index (χ3n) is 4.39. The van der Waals surface area contributed by atoms with Gasteiger partial charge in [0, 0.05) is 11.4 Å². The molecule has 1 unspecified atom stereocenters. The van der Waals surface area contributed by atoms with Crippen LogP contribution in [0.4, 0.5) is 0 Å². The second-order valence-corrected chi connectivity index (χ2v) is 6.52. The van der Waals surface area contributed by atoms with Gasteiger partial charge >= 0.3 is 0 Å². The Kier molecular flexibility index (Phi) is 2.40. The van der Waals surface area contributed by atoms with Crippen molar-refractivity contribution in [1.82, 2.24) is 14.5 Å². The van der Waals surface area contributed by atoms with E-state index in [2.05, 4.69) is 40.5 Å². The number of benzene rings is 1. The van der Waals surface area contributed by atoms with Crippen molar-refractivity contribution in [2.75, 3.05) is 0 Å². The summed E-state index contributed by atoms with van der Waals surface area (Å²) in [7, 11) is 0. The molecule has 1 atom stereocenters. The monoisotopic (exact) mass is 285 g/mol. The van der Waals surface area contributed by atoms with Gasteiger partial charge in [0.25, 0.3) is 0 Å². The van der Waals surface area contributed by atoms with Gasteiger partial charge in [-0.3, -0.25) is 4.98 Å². The predicted molar refractivity (Wildman–Crippen MR) is 82.0 cm³/mol. The summed E-state index contributed by atoms with van der Waals surface area (Å²) < 4.78 is 2.34. The molecule has 0 aliphatic heterocycles. The van der Waals surface area contributed by atoms with E-state index in [-0.39, 0.29) is 0 Å². The molecule has 1 aromatic carbocycles. The largest absolute Gasteiger partial charge is 0.323 e. The van der Waals surface area contributed by atoms with Crippen molar-refractivity contribution < 1.29 is 0 Å². The molecular formula is C16H16ClN3. The van der Waals surface area contributed by atoms with Crippen LogP contribution in [0.2, 0.25) is 0 Å². The maximum atomic E-state index is 6.12. The summed E-state index contributed by atoms with van der Waals surface area (Å²) in [5.74, 6) is 1.39. The molecule has 0 spiro atoms. The van der Waals surface area contributed by atoms with Gasteiger partial charge in [-0.25, -0.2) is 4.98 Å². The average molecular weight is 286 g/mol. The molecule has 102 valence electrons. The Hall–Kier alpha value is -1.61. The highest BCUT2D eigenvalue weighted by molar-refractivity contribution is 6.17. The van der Waals surface area contributed by atoms with E-state index in [4.69, 9.17) is 11.6 Å². The zero-order chi connectivity index (χ0) is 13.9. The minimum Gasteiger partial charge on any atom is -0.323 e. The fourth-order valence-electron chi connectivity index (χ4n) is 3.08. The van der Waals surface area contributed by atoms with Gasteiger partial charge in [0.1, 0.15) is 11.3 Å². The standard InChI is InChI=1S/C16H16ClN3/c1-16(2)7-13(16)20-14(8-17)19-12-9-18-11-6-4-3-5-10(11)15(12)20/h3-6,9,13H,7-8H2,1-2H3. The van der Waals surface area contributed by atoms with Gasteiger partial charge in [0.05, 0.1) is 23.1 Å². The fraction of sp³-hybridized carbons (Fsp3) is 0.375. The van der Waals surface area contributed by atoms with Crippen LogP contribution in [0.5, 0.6) is 0 Å². The fourth-order valence-corrected chi connectivity index (χ4v) is 3.27. The van der Waals surface area contributed by atoms with Gasteiger partial charge in [0.2, 0.25) is 0 Å². The number of hydrogen-bond acceptors (Lipinski definition) is 2. The van der Waals surface area contributed by atoms with Gasteiger partial charge in [-0.05, 0) is 17.9 Å². The van der Waals surface area contributed by atoms with Gasteiger partial charge in [-0.15, -0.1) is 11.6 Å². The molecule has 0 amide bonds. The Labute approximate surface area is 122 Å². The van der Waals surface area contributed by atoms with Crippen molar-refractivity contribution in [2.24, 2.45) is 5.41 Å². The highest BCUT2D eigenvalue weighted by Gasteiger charge is 2.48.